The van der Waals surface area contributed by atoms with E-state index in [-0.39, 0.29) is 17.7 Å². The number of hydrogen-bond acceptors (Lipinski definition) is 5. The predicted octanol–water partition coefficient (Wildman–Crippen LogP) is 1.67. The van der Waals surface area contributed by atoms with Crippen LogP contribution in [0.25, 0.3) is 0 Å². The summed E-state index contributed by atoms with van der Waals surface area (Å²) in [5, 5.41) is 6.92. The number of carbonyl (C=O) groups is 3. The number of hydrogen-bond donors (Lipinski definition) is 1. The van der Waals surface area contributed by atoms with Crippen LogP contribution in [0.3, 0.4) is 0 Å². The fourth-order valence-corrected chi connectivity index (χ4v) is 5.11. The summed E-state index contributed by atoms with van der Waals surface area (Å²) in [4.78, 5) is 42.0. The number of carbonyl (C=O) groups excluding carboxylic acids is 3. The molecule has 2 fully saturated rings. The van der Waals surface area contributed by atoms with Crippen molar-refractivity contribution in [2.24, 2.45) is 5.41 Å². The lowest BCUT2D eigenvalue weighted by Gasteiger charge is -2.37. The van der Waals surface area contributed by atoms with Crippen LogP contribution in [0.2, 0.25) is 0 Å². The number of likely N-dealkylation sites (N-methyl/N-ethyl adjacent to an activating group) is 1. The minimum Gasteiger partial charge on any atom is -0.385 e. The maximum Gasteiger partial charge on any atom is 0.242 e. The first-order chi connectivity index (χ1) is 14.0. The molecule has 3 rings (SSSR count). The van der Waals surface area contributed by atoms with Crippen LogP contribution in [0.5, 0.6) is 0 Å². The van der Waals surface area contributed by atoms with Gasteiger partial charge in [-0.15, -0.1) is 0 Å². The van der Waals surface area contributed by atoms with Gasteiger partial charge < -0.3 is 19.9 Å². The first kappa shape index (κ1) is 21.8. The number of rotatable bonds is 8. The van der Waals surface area contributed by atoms with Crippen LogP contribution in [0, 0.1) is 5.41 Å². The predicted molar refractivity (Wildman–Crippen MR) is 112 cm³/mol. The largest absolute Gasteiger partial charge is 0.385 e. The van der Waals surface area contributed by atoms with Crippen molar-refractivity contribution in [3.05, 3.63) is 22.4 Å². The number of thiophene rings is 1. The second-order valence-electron chi connectivity index (χ2n) is 7.92. The van der Waals surface area contributed by atoms with Gasteiger partial charge in [0.15, 0.2) is 0 Å². The number of methoxy groups -OCH3 is 1. The molecule has 7 nitrogen and oxygen atoms in total. The molecule has 0 aromatic carbocycles. The quantitative estimate of drug-likeness (QED) is 0.648. The maximum absolute atomic E-state index is 13.2. The van der Waals surface area contributed by atoms with Gasteiger partial charge in [-0.05, 0) is 55.0 Å². The normalized spacial score (nSPS) is 21.0. The van der Waals surface area contributed by atoms with Crippen LogP contribution in [0.1, 0.15) is 38.2 Å². The van der Waals surface area contributed by atoms with Crippen molar-refractivity contribution in [2.45, 2.75) is 45.1 Å². The number of piperidine rings is 1. The average Bonchev–Trinajstić information content (AvgIpc) is 3.32. The minimum absolute atomic E-state index is 0.0713. The maximum atomic E-state index is 13.2. The van der Waals surface area contributed by atoms with Crippen molar-refractivity contribution >= 4 is 29.1 Å². The molecule has 1 atom stereocenters. The van der Waals surface area contributed by atoms with E-state index in [1.165, 1.54) is 0 Å². The Morgan fingerprint density at radius 1 is 1.34 bits per heavy atom. The fourth-order valence-electron chi connectivity index (χ4n) is 4.44. The Hall–Kier alpha value is -1.93. The number of likely N-dealkylation sites (tertiary alicyclic amines) is 2. The highest BCUT2D eigenvalue weighted by Gasteiger charge is 2.54. The van der Waals surface area contributed by atoms with E-state index >= 15 is 0 Å². The Morgan fingerprint density at radius 3 is 2.72 bits per heavy atom. The summed E-state index contributed by atoms with van der Waals surface area (Å²) in [5.74, 6) is 0.106. The van der Waals surface area contributed by atoms with Gasteiger partial charge in [-0.3, -0.25) is 14.4 Å². The molecule has 3 heterocycles. The van der Waals surface area contributed by atoms with Gasteiger partial charge in [-0.2, -0.15) is 11.3 Å². The number of ether oxygens (including phenoxy) is 1. The molecule has 1 aromatic rings. The van der Waals surface area contributed by atoms with E-state index < -0.39 is 11.5 Å². The van der Waals surface area contributed by atoms with Gasteiger partial charge in [-0.25, -0.2) is 0 Å². The highest BCUT2D eigenvalue weighted by atomic mass is 32.1. The SMILES string of the molecule is CCN1C(=O)C2(CCN(C(=O)Cc3ccsc3)CC2)CC1C(=O)NCCCOC. The van der Waals surface area contributed by atoms with E-state index in [0.717, 1.165) is 12.0 Å². The second-order valence-corrected chi connectivity index (χ2v) is 8.70. The lowest BCUT2D eigenvalue weighted by molar-refractivity contribution is -0.143. The Kier molecular flexibility index (Phi) is 7.29. The number of nitrogens with one attached hydrogen (secondary N) is 1. The van der Waals surface area contributed by atoms with Gasteiger partial charge in [0.1, 0.15) is 6.04 Å². The summed E-state index contributed by atoms with van der Waals surface area (Å²) < 4.78 is 5.01. The van der Waals surface area contributed by atoms with Crippen LogP contribution in [-0.2, 0) is 25.5 Å². The molecular weight excluding hydrogens is 390 g/mol. The summed E-state index contributed by atoms with van der Waals surface area (Å²) >= 11 is 1.59. The molecule has 1 unspecified atom stereocenters. The van der Waals surface area contributed by atoms with Gasteiger partial charge in [0, 0.05) is 39.9 Å². The standard InChI is InChI=1S/C21H31N3O4S/c1-3-24-17(19(26)22-8-4-11-28-2)14-21(20(24)27)6-9-23(10-7-21)18(25)13-16-5-12-29-15-16/h5,12,15,17H,3-4,6-11,13-14H2,1-2H3,(H,22,26). The van der Waals surface area contributed by atoms with Gasteiger partial charge in [0.25, 0.3) is 0 Å². The Bertz CT molecular complexity index is 714. The van der Waals surface area contributed by atoms with Crippen molar-refractivity contribution in [2.75, 3.05) is 39.9 Å². The Balaban J connectivity index is 1.58. The topological polar surface area (TPSA) is 79.0 Å². The fraction of sp³-hybridized carbons (Fsp3) is 0.667. The lowest BCUT2D eigenvalue weighted by atomic mass is 9.76. The zero-order valence-electron chi connectivity index (χ0n) is 17.3. The zero-order chi connectivity index (χ0) is 20.9. The van der Waals surface area contributed by atoms with Crippen molar-refractivity contribution in [3.8, 4) is 0 Å². The van der Waals surface area contributed by atoms with Crippen molar-refractivity contribution in [1.82, 2.24) is 15.1 Å². The minimum atomic E-state index is -0.510. The van der Waals surface area contributed by atoms with E-state index in [0.29, 0.717) is 58.5 Å². The molecule has 2 aliphatic rings. The molecule has 2 aliphatic heterocycles. The molecule has 1 aromatic heterocycles. The molecule has 1 spiro atoms. The third-order valence-electron chi connectivity index (χ3n) is 6.15. The molecule has 3 amide bonds. The van der Waals surface area contributed by atoms with Gasteiger partial charge in [0.2, 0.25) is 17.7 Å². The molecule has 2 saturated heterocycles. The van der Waals surface area contributed by atoms with Crippen LogP contribution >= 0.6 is 11.3 Å². The molecule has 29 heavy (non-hydrogen) atoms. The summed E-state index contributed by atoms with van der Waals surface area (Å²) in [6.45, 7) is 4.75. The third-order valence-corrected chi connectivity index (χ3v) is 6.88. The molecule has 160 valence electrons. The van der Waals surface area contributed by atoms with Gasteiger partial charge in [-0.1, -0.05) is 0 Å². The zero-order valence-corrected chi connectivity index (χ0v) is 18.1. The molecule has 0 saturated carbocycles. The summed E-state index contributed by atoms with van der Waals surface area (Å²) in [6, 6.07) is 1.56. The summed E-state index contributed by atoms with van der Waals surface area (Å²) in [7, 11) is 1.64. The highest BCUT2D eigenvalue weighted by molar-refractivity contribution is 7.08. The second kappa shape index (κ2) is 9.71. The van der Waals surface area contributed by atoms with E-state index in [4.69, 9.17) is 4.74 Å². The molecule has 8 heteroatoms. The monoisotopic (exact) mass is 421 g/mol. The average molecular weight is 422 g/mol. The van der Waals surface area contributed by atoms with Gasteiger partial charge >= 0.3 is 0 Å². The van der Waals surface area contributed by atoms with Crippen LogP contribution in [0.4, 0.5) is 0 Å². The summed E-state index contributed by atoms with van der Waals surface area (Å²) in [6.07, 6.45) is 2.97. The van der Waals surface area contributed by atoms with Crippen LogP contribution < -0.4 is 5.32 Å². The van der Waals surface area contributed by atoms with Crippen molar-refractivity contribution < 1.29 is 19.1 Å². The van der Waals surface area contributed by atoms with Crippen LogP contribution in [-0.4, -0.2) is 73.5 Å². The molecule has 1 N–H and O–H groups in total. The highest BCUT2D eigenvalue weighted by Crippen LogP contribution is 2.44. The van der Waals surface area contributed by atoms with E-state index in [9.17, 15) is 14.4 Å². The molecule has 0 bridgehead atoms. The van der Waals surface area contributed by atoms with E-state index in [2.05, 4.69) is 5.32 Å². The molecule has 0 aliphatic carbocycles. The Labute approximate surface area is 176 Å². The third kappa shape index (κ3) is 4.80. The lowest BCUT2D eigenvalue weighted by Crippen LogP contribution is -2.47. The van der Waals surface area contributed by atoms with E-state index in [1.54, 1.807) is 23.3 Å². The van der Waals surface area contributed by atoms with Crippen molar-refractivity contribution in [3.63, 3.8) is 0 Å². The summed E-state index contributed by atoms with van der Waals surface area (Å²) in [5.41, 5.74) is 0.531. The Morgan fingerprint density at radius 2 is 2.10 bits per heavy atom. The number of amides is 3. The first-order valence-corrected chi connectivity index (χ1v) is 11.3. The van der Waals surface area contributed by atoms with Crippen LogP contribution in [0.15, 0.2) is 16.8 Å². The first-order valence-electron chi connectivity index (χ1n) is 10.4. The number of nitrogens with zero attached hydrogens (tertiary/aromatic N) is 2. The molecule has 0 radical (unpaired) electrons. The van der Waals surface area contributed by atoms with Crippen molar-refractivity contribution in [1.29, 1.82) is 0 Å². The van der Waals surface area contributed by atoms with E-state index in [1.807, 2.05) is 28.7 Å². The van der Waals surface area contributed by atoms with Gasteiger partial charge in [0.05, 0.1) is 11.8 Å². The molecular formula is C21H31N3O4S. The smallest absolute Gasteiger partial charge is 0.242 e.